The van der Waals surface area contributed by atoms with Crippen LogP contribution in [0.3, 0.4) is 0 Å². The Hall–Kier alpha value is -3.34. The number of carbonyl (C=O) groups is 4. The van der Waals surface area contributed by atoms with E-state index in [0.29, 0.717) is 12.8 Å². The van der Waals surface area contributed by atoms with Crippen LogP contribution in [0, 0.1) is 5.92 Å². The largest absolute Gasteiger partial charge is 0.479 e. The molecule has 0 aliphatic carbocycles. The van der Waals surface area contributed by atoms with Gasteiger partial charge in [0.05, 0.1) is 0 Å². The van der Waals surface area contributed by atoms with Crippen LogP contribution in [0.25, 0.3) is 0 Å². The van der Waals surface area contributed by atoms with Gasteiger partial charge < -0.3 is 25.0 Å². The summed E-state index contributed by atoms with van der Waals surface area (Å²) >= 11 is 0. The molecule has 1 saturated heterocycles. The van der Waals surface area contributed by atoms with Crippen LogP contribution in [0.15, 0.2) is 18.2 Å². The van der Waals surface area contributed by atoms with E-state index < -0.39 is 31.1 Å². The first-order valence-corrected chi connectivity index (χ1v) is 8.51. The minimum Gasteiger partial charge on any atom is -0.479 e. The van der Waals surface area contributed by atoms with Crippen molar-refractivity contribution in [1.82, 2.24) is 16.2 Å². The van der Waals surface area contributed by atoms with Crippen molar-refractivity contribution in [3.8, 4) is 11.5 Å². The van der Waals surface area contributed by atoms with Gasteiger partial charge in [-0.3, -0.25) is 20.4 Å². The molecule has 0 unspecified atom stereocenters. The fourth-order valence-corrected chi connectivity index (χ4v) is 2.54. The maximum absolute atomic E-state index is 12.3. The zero-order chi connectivity index (χ0) is 20.5. The standard InChI is InChI=1S/C17H21N3O8/c21-14(22)8-27-12-2-1-11(7-13(12)28-9-15(23)24)17(26)20-19-16(25)10-3-5-18-6-4-10/h1-2,7,10,18H,3-6,8-9H2,(H,19,25)(H,20,26)(H,21,22)(H,23,24). The summed E-state index contributed by atoms with van der Waals surface area (Å²) in [7, 11) is 0. The lowest BCUT2D eigenvalue weighted by Gasteiger charge is -2.21. The highest BCUT2D eigenvalue weighted by molar-refractivity contribution is 5.96. The molecule has 2 rings (SSSR count). The topological polar surface area (TPSA) is 163 Å². The van der Waals surface area contributed by atoms with Gasteiger partial charge in [0.2, 0.25) is 5.91 Å². The second-order valence-electron chi connectivity index (χ2n) is 5.99. The molecule has 1 heterocycles. The first-order chi connectivity index (χ1) is 13.4. The molecular formula is C17H21N3O8. The Labute approximate surface area is 160 Å². The van der Waals surface area contributed by atoms with E-state index in [9.17, 15) is 19.2 Å². The summed E-state index contributed by atoms with van der Waals surface area (Å²) in [6, 6.07) is 3.81. The number of benzene rings is 1. The number of ether oxygens (including phenoxy) is 2. The van der Waals surface area contributed by atoms with Gasteiger partial charge in [-0.2, -0.15) is 0 Å². The SMILES string of the molecule is O=C(O)COc1ccc(C(=O)NNC(=O)C2CCNCC2)cc1OCC(=O)O. The molecule has 0 bridgehead atoms. The lowest BCUT2D eigenvalue weighted by molar-refractivity contribution is -0.140. The van der Waals surface area contributed by atoms with Crippen molar-refractivity contribution in [3.63, 3.8) is 0 Å². The molecule has 1 aromatic rings. The van der Waals surface area contributed by atoms with E-state index in [-0.39, 0.29) is 28.9 Å². The van der Waals surface area contributed by atoms with Crippen LogP contribution in [0.1, 0.15) is 23.2 Å². The predicted octanol–water partition coefficient (Wildman–Crippen LogP) is -0.626. The average Bonchev–Trinajstić information content (AvgIpc) is 2.69. The van der Waals surface area contributed by atoms with Gasteiger partial charge in [-0.15, -0.1) is 0 Å². The van der Waals surface area contributed by atoms with Gasteiger partial charge in [0, 0.05) is 11.5 Å². The number of rotatable bonds is 8. The Morgan fingerprint density at radius 3 is 2.18 bits per heavy atom. The maximum Gasteiger partial charge on any atom is 0.341 e. The van der Waals surface area contributed by atoms with E-state index in [4.69, 9.17) is 19.7 Å². The van der Waals surface area contributed by atoms with E-state index >= 15 is 0 Å². The van der Waals surface area contributed by atoms with Crippen LogP contribution in [0.5, 0.6) is 11.5 Å². The number of aliphatic carboxylic acids is 2. The fraction of sp³-hybridized carbons (Fsp3) is 0.412. The van der Waals surface area contributed by atoms with Crippen LogP contribution in [0.2, 0.25) is 0 Å². The number of carboxylic acid groups (broad SMARTS) is 2. The van der Waals surface area contributed by atoms with E-state index in [1.807, 2.05) is 0 Å². The van der Waals surface area contributed by atoms with Crippen LogP contribution in [-0.4, -0.2) is 60.3 Å². The summed E-state index contributed by atoms with van der Waals surface area (Å²) in [6.45, 7) is 0.0878. The molecule has 0 spiro atoms. The lowest BCUT2D eigenvalue weighted by Crippen LogP contribution is -2.46. The molecule has 0 atom stereocenters. The van der Waals surface area contributed by atoms with Gasteiger partial charge in [-0.05, 0) is 44.1 Å². The normalized spacial score (nSPS) is 14.0. The zero-order valence-corrected chi connectivity index (χ0v) is 14.9. The van der Waals surface area contributed by atoms with Gasteiger partial charge in [0.25, 0.3) is 5.91 Å². The summed E-state index contributed by atoms with van der Waals surface area (Å²) in [5.74, 6) is -3.76. The van der Waals surface area contributed by atoms with Gasteiger partial charge in [0.15, 0.2) is 24.7 Å². The van der Waals surface area contributed by atoms with Crippen LogP contribution < -0.4 is 25.6 Å². The number of hydrogen-bond acceptors (Lipinski definition) is 7. The van der Waals surface area contributed by atoms with Gasteiger partial charge in [-0.25, -0.2) is 9.59 Å². The summed E-state index contributed by atoms with van der Waals surface area (Å²) in [6.07, 6.45) is 1.34. The fourth-order valence-electron chi connectivity index (χ4n) is 2.54. The molecule has 0 aromatic heterocycles. The third kappa shape index (κ3) is 6.43. The monoisotopic (exact) mass is 395 g/mol. The molecule has 1 aliphatic rings. The van der Waals surface area contributed by atoms with Gasteiger partial charge in [-0.1, -0.05) is 0 Å². The molecular weight excluding hydrogens is 374 g/mol. The van der Waals surface area contributed by atoms with Crippen LogP contribution >= 0.6 is 0 Å². The number of piperidine rings is 1. The summed E-state index contributed by atoms with van der Waals surface area (Å²) in [5.41, 5.74) is 4.72. The Kier molecular flexibility index (Phi) is 7.57. The third-order valence-corrected chi connectivity index (χ3v) is 3.92. The number of carboxylic acids is 2. The maximum atomic E-state index is 12.3. The molecule has 1 aliphatic heterocycles. The number of hydrogen-bond donors (Lipinski definition) is 5. The zero-order valence-electron chi connectivity index (χ0n) is 14.9. The van der Waals surface area contributed by atoms with E-state index in [1.54, 1.807) is 0 Å². The molecule has 2 amide bonds. The van der Waals surface area contributed by atoms with Crippen molar-refractivity contribution in [2.45, 2.75) is 12.8 Å². The molecule has 0 saturated carbocycles. The van der Waals surface area contributed by atoms with E-state index in [2.05, 4.69) is 16.2 Å². The molecule has 0 radical (unpaired) electrons. The number of amides is 2. The predicted molar refractivity (Wildman–Crippen MR) is 93.9 cm³/mol. The first kappa shape index (κ1) is 21.0. The van der Waals surface area contributed by atoms with Crippen LogP contribution in [-0.2, 0) is 14.4 Å². The number of nitrogens with one attached hydrogen (secondary N) is 3. The van der Waals surface area contributed by atoms with Crippen molar-refractivity contribution >= 4 is 23.8 Å². The summed E-state index contributed by atoms with van der Waals surface area (Å²) in [5, 5.41) is 20.6. The minimum absolute atomic E-state index is 0.0288. The first-order valence-electron chi connectivity index (χ1n) is 8.51. The molecule has 5 N–H and O–H groups in total. The highest BCUT2D eigenvalue weighted by Crippen LogP contribution is 2.28. The lowest BCUT2D eigenvalue weighted by atomic mass is 9.98. The molecule has 1 aromatic carbocycles. The van der Waals surface area contributed by atoms with Crippen molar-refractivity contribution in [3.05, 3.63) is 23.8 Å². The Bertz CT molecular complexity index is 746. The van der Waals surface area contributed by atoms with Gasteiger partial charge >= 0.3 is 11.9 Å². The van der Waals surface area contributed by atoms with Crippen LogP contribution in [0.4, 0.5) is 0 Å². The second kappa shape index (κ2) is 10.1. The van der Waals surface area contributed by atoms with E-state index in [0.717, 1.165) is 13.1 Å². The molecule has 11 heteroatoms. The third-order valence-electron chi connectivity index (χ3n) is 3.92. The molecule has 11 nitrogen and oxygen atoms in total. The molecule has 1 fully saturated rings. The van der Waals surface area contributed by atoms with Gasteiger partial charge in [0.1, 0.15) is 0 Å². The minimum atomic E-state index is -1.26. The Balaban J connectivity index is 2.02. The Morgan fingerprint density at radius 2 is 1.57 bits per heavy atom. The summed E-state index contributed by atoms with van der Waals surface area (Å²) < 4.78 is 10.1. The average molecular weight is 395 g/mol. The highest BCUT2D eigenvalue weighted by Gasteiger charge is 2.21. The smallest absolute Gasteiger partial charge is 0.341 e. The second-order valence-corrected chi connectivity index (χ2v) is 5.99. The molecule has 28 heavy (non-hydrogen) atoms. The molecule has 152 valence electrons. The number of carbonyl (C=O) groups excluding carboxylic acids is 2. The van der Waals surface area contributed by atoms with E-state index in [1.165, 1.54) is 18.2 Å². The highest BCUT2D eigenvalue weighted by atomic mass is 16.5. The van der Waals surface area contributed by atoms with Crippen molar-refractivity contribution in [1.29, 1.82) is 0 Å². The van der Waals surface area contributed by atoms with Crippen molar-refractivity contribution in [2.75, 3.05) is 26.3 Å². The van der Waals surface area contributed by atoms with Crippen molar-refractivity contribution < 1.29 is 38.9 Å². The number of hydrazine groups is 1. The van der Waals surface area contributed by atoms with Crippen molar-refractivity contribution in [2.24, 2.45) is 5.92 Å². The quantitative estimate of drug-likeness (QED) is 0.361. The Morgan fingerprint density at radius 1 is 0.964 bits per heavy atom. The summed E-state index contributed by atoms with van der Waals surface area (Å²) in [4.78, 5) is 45.7.